The molecule has 1 aliphatic heterocycles. The average Bonchev–Trinajstić information content (AvgIpc) is 3.29. The van der Waals surface area contributed by atoms with E-state index in [4.69, 9.17) is 18.9 Å². The van der Waals surface area contributed by atoms with E-state index < -0.39 is 0 Å². The van der Waals surface area contributed by atoms with Crippen molar-refractivity contribution in [2.75, 3.05) is 53.2 Å². The fourth-order valence-electron chi connectivity index (χ4n) is 4.87. The van der Waals surface area contributed by atoms with Gasteiger partial charge in [0.2, 0.25) is 0 Å². The maximum atomic E-state index is 12.1. The lowest BCUT2D eigenvalue weighted by Crippen LogP contribution is -2.28. The summed E-state index contributed by atoms with van der Waals surface area (Å²) in [6.07, 6.45) is 4.09. The molecule has 6 heteroatoms. The van der Waals surface area contributed by atoms with Crippen LogP contribution in [-0.2, 0) is 20.7 Å². The van der Waals surface area contributed by atoms with Crippen LogP contribution in [0.25, 0.3) is 0 Å². The summed E-state index contributed by atoms with van der Waals surface area (Å²) in [4.78, 5) is 14.4. The highest BCUT2D eigenvalue weighted by atomic mass is 16.5. The van der Waals surface area contributed by atoms with Crippen molar-refractivity contribution in [2.24, 2.45) is 0 Å². The molecule has 2 aromatic rings. The monoisotopic (exact) mass is 497 g/mol. The van der Waals surface area contributed by atoms with Crippen LogP contribution in [0.15, 0.2) is 42.5 Å². The van der Waals surface area contributed by atoms with Gasteiger partial charge in [-0.3, -0.25) is 9.69 Å². The minimum atomic E-state index is 0.198. The SMILES string of the molecule is CCCOc1ccc([C@@H]2C[C@H](c3ccc(OCCOCCOC)cc3)N(CC(C)=O)C2)cc1CCC. The number of carbonyl (C=O) groups excluding carboxylic acids is 1. The normalized spacial score (nSPS) is 17.9. The maximum Gasteiger partial charge on any atom is 0.143 e. The van der Waals surface area contributed by atoms with Crippen molar-refractivity contribution in [3.05, 3.63) is 59.2 Å². The van der Waals surface area contributed by atoms with Gasteiger partial charge in [0.1, 0.15) is 23.9 Å². The molecule has 0 bridgehead atoms. The van der Waals surface area contributed by atoms with Crippen LogP contribution in [0, 0.1) is 0 Å². The van der Waals surface area contributed by atoms with Crippen LogP contribution in [0.2, 0.25) is 0 Å². The van der Waals surface area contributed by atoms with Crippen molar-refractivity contribution in [3.63, 3.8) is 0 Å². The predicted molar refractivity (Wildman–Crippen MR) is 143 cm³/mol. The van der Waals surface area contributed by atoms with Crippen molar-refractivity contribution in [2.45, 2.75) is 58.4 Å². The molecule has 1 heterocycles. The Kier molecular flexibility index (Phi) is 11.7. The second-order valence-corrected chi connectivity index (χ2v) is 9.57. The lowest BCUT2D eigenvalue weighted by atomic mass is 9.92. The van der Waals surface area contributed by atoms with Gasteiger partial charge in [0.15, 0.2) is 0 Å². The Hall–Kier alpha value is -2.41. The minimum absolute atomic E-state index is 0.198. The number of carbonyl (C=O) groups is 1. The van der Waals surface area contributed by atoms with E-state index in [-0.39, 0.29) is 11.8 Å². The van der Waals surface area contributed by atoms with Gasteiger partial charge in [-0.15, -0.1) is 0 Å². The number of hydrogen-bond donors (Lipinski definition) is 0. The number of aryl methyl sites for hydroxylation is 1. The number of ketones is 1. The number of nitrogens with zero attached hydrogens (tertiary/aromatic N) is 1. The highest BCUT2D eigenvalue weighted by Crippen LogP contribution is 2.41. The third-order valence-electron chi connectivity index (χ3n) is 6.56. The topological polar surface area (TPSA) is 57.2 Å². The quantitative estimate of drug-likeness (QED) is 0.282. The number of hydrogen-bond acceptors (Lipinski definition) is 6. The van der Waals surface area contributed by atoms with Crippen LogP contribution >= 0.6 is 0 Å². The molecule has 198 valence electrons. The third kappa shape index (κ3) is 8.32. The first-order valence-corrected chi connectivity index (χ1v) is 13.3. The van der Waals surface area contributed by atoms with Gasteiger partial charge in [0, 0.05) is 19.7 Å². The molecule has 2 aromatic carbocycles. The van der Waals surface area contributed by atoms with Gasteiger partial charge in [-0.25, -0.2) is 0 Å². The maximum absolute atomic E-state index is 12.1. The zero-order valence-corrected chi connectivity index (χ0v) is 22.5. The summed E-state index contributed by atoms with van der Waals surface area (Å²) in [5.41, 5.74) is 3.85. The van der Waals surface area contributed by atoms with E-state index in [1.165, 1.54) is 16.7 Å². The number of rotatable bonds is 16. The molecule has 1 fully saturated rings. The zero-order chi connectivity index (χ0) is 25.8. The summed E-state index contributed by atoms with van der Waals surface area (Å²) in [6, 6.07) is 15.2. The first-order valence-electron chi connectivity index (χ1n) is 13.3. The van der Waals surface area contributed by atoms with Gasteiger partial charge in [0.25, 0.3) is 0 Å². The molecule has 0 unspecified atom stereocenters. The van der Waals surface area contributed by atoms with Crippen LogP contribution in [0.5, 0.6) is 11.5 Å². The smallest absolute Gasteiger partial charge is 0.143 e. The van der Waals surface area contributed by atoms with E-state index in [1.54, 1.807) is 14.0 Å². The Labute approximate surface area is 216 Å². The molecule has 1 saturated heterocycles. The third-order valence-corrected chi connectivity index (χ3v) is 6.56. The van der Waals surface area contributed by atoms with Gasteiger partial charge in [-0.1, -0.05) is 44.5 Å². The first kappa shape index (κ1) is 28.2. The Morgan fingerprint density at radius 2 is 1.67 bits per heavy atom. The van der Waals surface area contributed by atoms with E-state index in [2.05, 4.69) is 49.1 Å². The molecule has 1 aliphatic rings. The summed E-state index contributed by atoms with van der Waals surface area (Å²) >= 11 is 0. The molecule has 0 aromatic heterocycles. The molecule has 0 spiro atoms. The van der Waals surface area contributed by atoms with Crippen molar-refractivity contribution >= 4 is 5.78 Å². The van der Waals surface area contributed by atoms with Crippen molar-refractivity contribution in [1.29, 1.82) is 0 Å². The standard InChI is InChI=1S/C30H43NO5/c1-5-7-26-19-25(10-13-30(26)36-14-6-2)27-20-29(31(22-27)21-23(3)32)24-8-11-28(12-9-24)35-18-17-34-16-15-33-4/h8-13,19,27,29H,5-7,14-18,20-22H2,1-4H3/t27-,29-/m1/s1. The van der Waals surface area contributed by atoms with Gasteiger partial charge in [-0.05, 0) is 67.0 Å². The van der Waals surface area contributed by atoms with E-state index in [1.807, 2.05) is 12.1 Å². The summed E-state index contributed by atoms with van der Waals surface area (Å²) in [7, 11) is 1.66. The predicted octanol–water partition coefficient (Wildman–Crippen LogP) is 5.59. The van der Waals surface area contributed by atoms with Crippen LogP contribution in [-0.4, -0.2) is 63.9 Å². The molecule has 0 aliphatic carbocycles. The van der Waals surface area contributed by atoms with E-state index >= 15 is 0 Å². The first-order chi connectivity index (χ1) is 17.5. The average molecular weight is 498 g/mol. The highest BCUT2D eigenvalue weighted by Gasteiger charge is 2.34. The molecule has 0 saturated carbocycles. The Bertz CT molecular complexity index is 929. The van der Waals surface area contributed by atoms with E-state index in [9.17, 15) is 4.79 Å². The van der Waals surface area contributed by atoms with Gasteiger partial charge < -0.3 is 18.9 Å². The summed E-state index contributed by atoms with van der Waals surface area (Å²) < 4.78 is 22.3. The number of likely N-dealkylation sites (tertiary alicyclic amines) is 1. The van der Waals surface area contributed by atoms with Crippen molar-refractivity contribution in [3.8, 4) is 11.5 Å². The molecular weight excluding hydrogens is 454 g/mol. The largest absolute Gasteiger partial charge is 0.493 e. The highest BCUT2D eigenvalue weighted by molar-refractivity contribution is 5.77. The van der Waals surface area contributed by atoms with Crippen LogP contribution in [0.3, 0.4) is 0 Å². The van der Waals surface area contributed by atoms with Crippen molar-refractivity contribution < 1.29 is 23.7 Å². The van der Waals surface area contributed by atoms with Crippen molar-refractivity contribution in [1.82, 2.24) is 4.90 Å². The zero-order valence-electron chi connectivity index (χ0n) is 22.5. The second-order valence-electron chi connectivity index (χ2n) is 9.57. The molecule has 36 heavy (non-hydrogen) atoms. The van der Waals surface area contributed by atoms with Gasteiger partial charge in [-0.2, -0.15) is 0 Å². The summed E-state index contributed by atoms with van der Waals surface area (Å²) in [6.45, 7) is 10.3. The van der Waals surface area contributed by atoms with Crippen LogP contribution < -0.4 is 9.47 Å². The lowest BCUT2D eigenvalue weighted by molar-refractivity contribution is -0.118. The van der Waals surface area contributed by atoms with Crippen LogP contribution in [0.4, 0.5) is 0 Å². The Balaban J connectivity index is 1.68. The minimum Gasteiger partial charge on any atom is -0.493 e. The molecule has 3 rings (SSSR count). The summed E-state index contributed by atoms with van der Waals surface area (Å²) in [5, 5.41) is 0. The molecule has 6 nitrogen and oxygen atoms in total. The van der Waals surface area contributed by atoms with E-state index in [0.29, 0.717) is 38.9 Å². The molecule has 0 amide bonds. The molecular formula is C30H43NO5. The van der Waals surface area contributed by atoms with E-state index in [0.717, 1.165) is 50.3 Å². The fraction of sp³-hybridized carbons (Fsp3) is 0.567. The lowest BCUT2D eigenvalue weighted by Gasteiger charge is -2.23. The molecule has 2 atom stereocenters. The second kappa shape index (κ2) is 15.0. The Morgan fingerprint density at radius 1 is 0.917 bits per heavy atom. The summed E-state index contributed by atoms with van der Waals surface area (Å²) in [5.74, 6) is 2.42. The van der Waals surface area contributed by atoms with Gasteiger partial charge >= 0.3 is 0 Å². The Morgan fingerprint density at radius 3 is 2.36 bits per heavy atom. The van der Waals surface area contributed by atoms with Gasteiger partial charge in [0.05, 0.1) is 33.0 Å². The number of Topliss-reactive ketones (excluding diaryl/α,β-unsaturated/α-hetero) is 1. The van der Waals surface area contributed by atoms with Crippen LogP contribution in [0.1, 0.15) is 68.7 Å². The fourth-order valence-corrected chi connectivity index (χ4v) is 4.87. The number of methoxy groups -OCH3 is 1. The molecule has 0 N–H and O–H groups in total. The molecule has 0 radical (unpaired) electrons. The number of ether oxygens (including phenoxy) is 4. The number of benzene rings is 2.